The lowest BCUT2D eigenvalue weighted by Crippen LogP contribution is -1.99. The number of hydrogen-bond acceptors (Lipinski definition) is 2. The molecule has 0 amide bonds. The lowest BCUT2D eigenvalue weighted by molar-refractivity contribution is 0.0985. The molecule has 0 aliphatic heterocycles. The zero-order valence-electron chi connectivity index (χ0n) is 15.1. The van der Waals surface area contributed by atoms with Gasteiger partial charge in [-0.1, -0.05) is 76.2 Å². The fourth-order valence-corrected chi connectivity index (χ4v) is 2.78. The highest BCUT2D eigenvalue weighted by Crippen LogP contribution is 2.34. The van der Waals surface area contributed by atoms with E-state index in [1.54, 1.807) is 0 Å². The molecule has 0 saturated carbocycles. The molecule has 0 radical (unpaired) electrons. The lowest BCUT2D eigenvalue weighted by atomic mass is 9.93. The fraction of sp³-hybridized carbons (Fsp3) is 0.364. The first kappa shape index (κ1) is 18.1. The standard InChI is InChI=1S/C22H27NO/c1-16(2)19-12-8-13-20(17(3)4)22(19)23-15-9-14-21(24)18-10-6-5-7-11-18/h5-8,10-13,15-17H,9,14H2,1-4H3. The maximum Gasteiger partial charge on any atom is 0.163 e. The van der Waals surface area contributed by atoms with Crippen LogP contribution in [-0.4, -0.2) is 12.0 Å². The summed E-state index contributed by atoms with van der Waals surface area (Å²) in [6.07, 6.45) is 3.06. The van der Waals surface area contributed by atoms with Gasteiger partial charge in [0, 0.05) is 18.2 Å². The van der Waals surface area contributed by atoms with E-state index in [-0.39, 0.29) is 5.78 Å². The number of carbonyl (C=O) groups excluding carboxylic acids is 1. The molecule has 0 aromatic heterocycles. The third-order valence-electron chi connectivity index (χ3n) is 4.16. The van der Waals surface area contributed by atoms with Crippen LogP contribution in [0.15, 0.2) is 53.5 Å². The van der Waals surface area contributed by atoms with Gasteiger partial charge in [0.1, 0.15) is 0 Å². The van der Waals surface area contributed by atoms with Crippen LogP contribution in [0.1, 0.15) is 73.9 Å². The number of benzene rings is 2. The van der Waals surface area contributed by atoms with Gasteiger partial charge in [-0.25, -0.2) is 0 Å². The van der Waals surface area contributed by atoms with E-state index in [9.17, 15) is 4.79 Å². The average molecular weight is 321 g/mol. The third kappa shape index (κ3) is 4.64. The van der Waals surface area contributed by atoms with Crippen molar-refractivity contribution in [3.8, 4) is 0 Å². The van der Waals surface area contributed by atoms with Gasteiger partial charge in [-0.3, -0.25) is 9.79 Å². The largest absolute Gasteiger partial charge is 0.294 e. The fourth-order valence-electron chi connectivity index (χ4n) is 2.78. The maximum absolute atomic E-state index is 12.1. The Morgan fingerprint density at radius 1 is 0.917 bits per heavy atom. The summed E-state index contributed by atoms with van der Waals surface area (Å²) in [5, 5.41) is 0. The highest BCUT2D eigenvalue weighted by Gasteiger charge is 2.12. The molecule has 2 aromatic carbocycles. The molecule has 0 atom stereocenters. The topological polar surface area (TPSA) is 29.4 Å². The molecule has 126 valence electrons. The minimum Gasteiger partial charge on any atom is -0.294 e. The first-order valence-corrected chi connectivity index (χ1v) is 8.74. The van der Waals surface area contributed by atoms with Gasteiger partial charge in [0.25, 0.3) is 0 Å². The Morgan fingerprint density at radius 2 is 1.50 bits per heavy atom. The van der Waals surface area contributed by atoms with Gasteiger partial charge >= 0.3 is 0 Å². The van der Waals surface area contributed by atoms with Crippen LogP contribution in [0, 0.1) is 0 Å². The highest BCUT2D eigenvalue weighted by atomic mass is 16.1. The molecule has 24 heavy (non-hydrogen) atoms. The number of nitrogens with zero attached hydrogens (tertiary/aromatic N) is 1. The molecule has 0 fully saturated rings. The normalized spacial score (nSPS) is 11.6. The van der Waals surface area contributed by atoms with E-state index >= 15 is 0 Å². The molecule has 0 N–H and O–H groups in total. The van der Waals surface area contributed by atoms with Crippen LogP contribution in [0.3, 0.4) is 0 Å². The van der Waals surface area contributed by atoms with E-state index in [2.05, 4.69) is 45.9 Å². The third-order valence-corrected chi connectivity index (χ3v) is 4.16. The van der Waals surface area contributed by atoms with Crippen molar-refractivity contribution in [2.45, 2.75) is 52.4 Å². The van der Waals surface area contributed by atoms with Crippen LogP contribution < -0.4 is 0 Å². The monoisotopic (exact) mass is 321 g/mol. The predicted molar refractivity (Wildman–Crippen MR) is 103 cm³/mol. The summed E-state index contributed by atoms with van der Waals surface area (Å²) in [5.41, 5.74) is 4.39. The lowest BCUT2D eigenvalue weighted by Gasteiger charge is -2.16. The van der Waals surface area contributed by atoms with Crippen LogP contribution in [-0.2, 0) is 0 Å². The number of rotatable bonds is 7. The Labute approximate surface area is 145 Å². The van der Waals surface area contributed by atoms with Crippen molar-refractivity contribution in [1.82, 2.24) is 0 Å². The predicted octanol–water partition coefficient (Wildman–Crippen LogP) is 6.30. The van der Waals surface area contributed by atoms with Gasteiger partial charge in [0.2, 0.25) is 0 Å². The molecule has 0 heterocycles. The number of hydrogen-bond donors (Lipinski definition) is 0. The number of ketones is 1. The Morgan fingerprint density at radius 3 is 2.04 bits per heavy atom. The van der Waals surface area contributed by atoms with Crippen molar-refractivity contribution in [2.24, 2.45) is 4.99 Å². The second-order valence-electron chi connectivity index (χ2n) is 6.73. The zero-order valence-corrected chi connectivity index (χ0v) is 15.1. The van der Waals surface area contributed by atoms with Gasteiger partial charge < -0.3 is 0 Å². The molecule has 0 aliphatic carbocycles. The molecule has 2 aromatic rings. The highest BCUT2D eigenvalue weighted by molar-refractivity contribution is 5.97. The number of Topliss-reactive ketones (excluding diaryl/α,β-unsaturated/α-hetero) is 1. The number of aliphatic imine (C=N–C) groups is 1. The molecule has 0 saturated heterocycles. The molecular formula is C22H27NO. The molecular weight excluding hydrogens is 294 g/mol. The van der Waals surface area contributed by atoms with E-state index < -0.39 is 0 Å². The first-order valence-electron chi connectivity index (χ1n) is 8.74. The van der Waals surface area contributed by atoms with Gasteiger partial charge in [0.05, 0.1) is 5.69 Å². The van der Waals surface area contributed by atoms with E-state index in [1.807, 2.05) is 36.5 Å². The van der Waals surface area contributed by atoms with E-state index in [1.165, 1.54) is 11.1 Å². The van der Waals surface area contributed by atoms with E-state index in [4.69, 9.17) is 4.99 Å². The van der Waals surface area contributed by atoms with Crippen LogP contribution in [0.5, 0.6) is 0 Å². The molecule has 2 rings (SSSR count). The Kier molecular flexibility index (Phi) is 6.48. The molecule has 2 heteroatoms. The quantitative estimate of drug-likeness (QED) is 0.434. The zero-order chi connectivity index (χ0) is 17.5. The molecule has 0 unspecified atom stereocenters. The van der Waals surface area contributed by atoms with Crippen molar-refractivity contribution < 1.29 is 4.79 Å². The van der Waals surface area contributed by atoms with Crippen molar-refractivity contribution >= 4 is 17.7 Å². The van der Waals surface area contributed by atoms with Gasteiger partial charge in [-0.05, 0) is 29.4 Å². The van der Waals surface area contributed by atoms with E-state index in [0.717, 1.165) is 11.3 Å². The van der Waals surface area contributed by atoms with E-state index in [0.29, 0.717) is 24.7 Å². The average Bonchev–Trinajstić information content (AvgIpc) is 2.58. The Bertz CT molecular complexity index is 673. The Hall–Kier alpha value is -2.22. The van der Waals surface area contributed by atoms with Crippen molar-refractivity contribution in [2.75, 3.05) is 0 Å². The first-order chi connectivity index (χ1) is 11.5. The minimum atomic E-state index is 0.170. The van der Waals surface area contributed by atoms with Crippen LogP contribution in [0.25, 0.3) is 0 Å². The summed E-state index contributed by atoms with van der Waals surface area (Å²) in [7, 11) is 0. The number of carbonyl (C=O) groups is 1. The summed E-state index contributed by atoms with van der Waals surface area (Å²) in [6.45, 7) is 8.77. The summed E-state index contributed by atoms with van der Waals surface area (Å²) in [5.74, 6) is 1.03. The SMILES string of the molecule is CC(C)c1cccc(C(C)C)c1N=CCCC(=O)c1ccccc1. The minimum absolute atomic E-state index is 0.170. The Balaban J connectivity index is 2.10. The molecule has 0 bridgehead atoms. The van der Waals surface area contributed by atoms with Crippen molar-refractivity contribution in [3.63, 3.8) is 0 Å². The van der Waals surface area contributed by atoms with Crippen LogP contribution >= 0.6 is 0 Å². The molecule has 0 aliphatic rings. The van der Waals surface area contributed by atoms with Gasteiger partial charge in [0.15, 0.2) is 5.78 Å². The molecule has 0 spiro atoms. The molecule has 2 nitrogen and oxygen atoms in total. The van der Waals surface area contributed by atoms with Crippen molar-refractivity contribution in [1.29, 1.82) is 0 Å². The van der Waals surface area contributed by atoms with Crippen LogP contribution in [0.2, 0.25) is 0 Å². The summed E-state index contributed by atoms with van der Waals surface area (Å²) in [6, 6.07) is 15.9. The second kappa shape index (κ2) is 8.58. The van der Waals surface area contributed by atoms with Crippen LogP contribution in [0.4, 0.5) is 5.69 Å². The second-order valence-corrected chi connectivity index (χ2v) is 6.73. The van der Waals surface area contributed by atoms with Gasteiger partial charge in [-0.15, -0.1) is 0 Å². The summed E-state index contributed by atoms with van der Waals surface area (Å²) in [4.78, 5) is 16.9. The van der Waals surface area contributed by atoms with Gasteiger partial charge in [-0.2, -0.15) is 0 Å². The smallest absolute Gasteiger partial charge is 0.163 e. The maximum atomic E-state index is 12.1. The number of para-hydroxylation sites is 1. The summed E-state index contributed by atoms with van der Waals surface area (Å²) < 4.78 is 0. The summed E-state index contributed by atoms with van der Waals surface area (Å²) >= 11 is 0. The van der Waals surface area contributed by atoms with Crippen molar-refractivity contribution in [3.05, 3.63) is 65.2 Å².